The molecule has 5 nitrogen and oxygen atoms in total. The average molecular weight is 314 g/mol. The Morgan fingerprint density at radius 1 is 1.29 bits per heavy atom. The molecule has 0 aliphatic heterocycles. The average Bonchev–Trinajstić information content (AvgIpc) is 2.44. The van der Waals surface area contributed by atoms with Gasteiger partial charge in [-0.3, -0.25) is 0 Å². The molecule has 0 aromatic heterocycles. The van der Waals surface area contributed by atoms with Crippen LogP contribution in [0, 0.1) is 5.92 Å². The Hall–Kier alpha value is -1.11. The molecule has 1 atom stereocenters. The van der Waals surface area contributed by atoms with Crippen LogP contribution in [0.5, 0.6) is 5.75 Å². The van der Waals surface area contributed by atoms with Gasteiger partial charge in [-0.15, -0.1) is 0 Å². The first-order chi connectivity index (χ1) is 9.75. The quantitative estimate of drug-likeness (QED) is 0.770. The van der Waals surface area contributed by atoms with Crippen molar-refractivity contribution in [1.29, 1.82) is 0 Å². The van der Waals surface area contributed by atoms with E-state index in [2.05, 4.69) is 4.72 Å². The highest BCUT2D eigenvalue weighted by atomic mass is 32.2. The Labute approximate surface area is 127 Å². The lowest BCUT2D eigenvalue weighted by molar-refractivity contribution is 0.314. The molecule has 0 aliphatic carbocycles. The fourth-order valence-corrected chi connectivity index (χ4v) is 3.24. The molecular weight excluding hydrogens is 288 g/mol. The van der Waals surface area contributed by atoms with Crippen LogP contribution in [0.25, 0.3) is 0 Å². The number of benzene rings is 1. The van der Waals surface area contributed by atoms with Gasteiger partial charge in [0.15, 0.2) is 0 Å². The molecule has 120 valence electrons. The predicted molar refractivity (Wildman–Crippen MR) is 84.8 cm³/mol. The van der Waals surface area contributed by atoms with Crippen molar-refractivity contribution < 1.29 is 13.2 Å². The minimum atomic E-state index is -3.60. The zero-order valence-electron chi connectivity index (χ0n) is 13.2. The van der Waals surface area contributed by atoms with Gasteiger partial charge in [-0.1, -0.05) is 20.8 Å². The van der Waals surface area contributed by atoms with Crippen LogP contribution in [0.4, 0.5) is 0 Å². The van der Waals surface area contributed by atoms with Crippen LogP contribution in [-0.4, -0.2) is 27.1 Å². The second-order valence-electron chi connectivity index (χ2n) is 5.70. The summed E-state index contributed by atoms with van der Waals surface area (Å²) in [7, 11) is -3.60. The highest BCUT2D eigenvalue weighted by molar-refractivity contribution is 7.89. The molecule has 1 unspecified atom stereocenters. The number of nitrogens with two attached hydrogens (primary N) is 1. The molecule has 0 bridgehead atoms. The third kappa shape index (κ3) is 4.69. The van der Waals surface area contributed by atoms with E-state index in [-0.39, 0.29) is 17.4 Å². The molecule has 0 heterocycles. The lowest BCUT2D eigenvalue weighted by atomic mass is 9.90. The predicted octanol–water partition coefficient (Wildman–Crippen LogP) is 2.13. The van der Waals surface area contributed by atoms with Crippen LogP contribution < -0.4 is 15.2 Å². The summed E-state index contributed by atoms with van der Waals surface area (Å²) < 4.78 is 33.0. The Morgan fingerprint density at radius 2 is 1.86 bits per heavy atom. The normalized spacial score (nSPS) is 15.0. The summed E-state index contributed by atoms with van der Waals surface area (Å²) in [6, 6.07) is 6.42. The van der Waals surface area contributed by atoms with Crippen molar-refractivity contribution >= 4 is 10.0 Å². The van der Waals surface area contributed by atoms with E-state index in [1.807, 2.05) is 27.7 Å². The molecular formula is C15H26N2O3S. The molecule has 6 heteroatoms. The summed E-state index contributed by atoms with van der Waals surface area (Å²) in [5.74, 6) is 0.755. The van der Waals surface area contributed by atoms with E-state index >= 15 is 0 Å². The number of hydrogen-bond acceptors (Lipinski definition) is 4. The van der Waals surface area contributed by atoms with Crippen LogP contribution in [0.1, 0.15) is 34.1 Å². The standard InChI is InChI=1S/C15H26N2O3S/c1-5-10-20-13-6-8-14(9-7-13)21(18,19)17-15(4,11-16)12(2)3/h6-9,12,17H,5,10-11,16H2,1-4H3. The minimum absolute atomic E-state index is 0.0874. The van der Waals surface area contributed by atoms with Gasteiger partial charge in [-0.25, -0.2) is 13.1 Å². The van der Waals surface area contributed by atoms with Crippen LogP contribution in [0.2, 0.25) is 0 Å². The third-order valence-electron chi connectivity index (χ3n) is 3.67. The van der Waals surface area contributed by atoms with Gasteiger partial charge in [-0.2, -0.15) is 0 Å². The first kappa shape index (κ1) is 17.9. The Balaban J connectivity index is 2.92. The topological polar surface area (TPSA) is 81.4 Å². The van der Waals surface area contributed by atoms with Crippen molar-refractivity contribution in [2.24, 2.45) is 11.7 Å². The molecule has 0 spiro atoms. The van der Waals surface area contributed by atoms with E-state index in [0.717, 1.165) is 6.42 Å². The molecule has 0 saturated carbocycles. The second-order valence-corrected chi connectivity index (χ2v) is 7.38. The Morgan fingerprint density at radius 3 is 2.29 bits per heavy atom. The number of nitrogens with one attached hydrogen (secondary N) is 1. The smallest absolute Gasteiger partial charge is 0.241 e. The summed E-state index contributed by atoms with van der Waals surface area (Å²) in [5.41, 5.74) is 5.05. The van der Waals surface area contributed by atoms with Crippen molar-refractivity contribution in [3.8, 4) is 5.75 Å². The molecule has 21 heavy (non-hydrogen) atoms. The molecule has 3 N–H and O–H groups in total. The maximum absolute atomic E-state index is 12.4. The summed E-state index contributed by atoms with van der Waals surface area (Å²) in [6.07, 6.45) is 0.908. The van der Waals surface area contributed by atoms with Gasteiger partial charge in [0, 0.05) is 12.1 Å². The highest BCUT2D eigenvalue weighted by Crippen LogP contribution is 2.21. The maximum Gasteiger partial charge on any atom is 0.241 e. The zero-order valence-corrected chi connectivity index (χ0v) is 14.0. The first-order valence-electron chi connectivity index (χ1n) is 7.22. The van der Waals surface area contributed by atoms with E-state index in [1.165, 1.54) is 0 Å². The van der Waals surface area contributed by atoms with Gasteiger partial charge in [0.2, 0.25) is 10.0 Å². The summed E-state index contributed by atoms with van der Waals surface area (Å²) >= 11 is 0. The van der Waals surface area contributed by atoms with Crippen LogP contribution >= 0.6 is 0 Å². The van der Waals surface area contributed by atoms with Crippen molar-refractivity contribution in [3.05, 3.63) is 24.3 Å². The molecule has 0 amide bonds. The van der Waals surface area contributed by atoms with Crippen molar-refractivity contribution in [3.63, 3.8) is 0 Å². The Bertz CT molecular complexity index is 541. The van der Waals surface area contributed by atoms with Crippen molar-refractivity contribution in [2.45, 2.75) is 44.6 Å². The molecule has 0 aliphatic rings. The summed E-state index contributed by atoms with van der Waals surface area (Å²) in [4.78, 5) is 0.215. The minimum Gasteiger partial charge on any atom is -0.494 e. The van der Waals surface area contributed by atoms with E-state index < -0.39 is 15.6 Å². The number of hydrogen-bond donors (Lipinski definition) is 2. The second kappa shape index (κ2) is 7.24. The monoisotopic (exact) mass is 314 g/mol. The third-order valence-corrected chi connectivity index (χ3v) is 5.30. The molecule has 1 aromatic rings. The molecule has 0 saturated heterocycles. The fourth-order valence-electron chi connectivity index (χ4n) is 1.70. The largest absolute Gasteiger partial charge is 0.494 e. The van der Waals surface area contributed by atoms with Gasteiger partial charge < -0.3 is 10.5 Å². The van der Waals surface area contributed by atoms with Crippen LogP contribution in [0.3, 0.4) is 0 Å². The van der Waals surface area contributed by atoms with Crippen LogP contribution in [0.15, 0.2) is 29.2 Å². The summed E-state index contributed by atoms with van der Waals surface area (Å²) in [6.45, 7) is 8.56. The van der Waals surface area contributed by atoms with Crippen molar-refractivity contribution in [2.75, 3.05) is 13.2 Å². The lowest BCUT2D eigenvalue weighted by Gasteiger charge is -2.33. The van der Waals surface area contributed by atoms with Gasteiger partial charge in [0.1, 0.15) is 5.75 Å². The molecule has 1 rings (SSSR count). The van der Waals surface area contributed by atoms with Gasteiger partial charge >= 0.3 is 0 Å². The van der Waals surface area contributed by atoms with E-state index in [1.54, 1.807) is 24.3 Å². The van der Waals surface area contributed by atoms with Gasteiger partial charge in [0.25, 0.3) is 0 Å². The molecule has 0 radical (unpaired) electrons. The van der Waals surface area contributed by atoms with Gasteiger partial charge in [0.05, 0.1) is 11.5 Å². The van der Waals surface area contributed by atoms with E-state index in [9.17, 15) is 8.42 Å². The number of sulfonamides is 1. The van der Waals surface area contributed by atoms with Crippen molar-refractivity contribution in [1.82, 2.24) is 4.72 Å². The molecule has 1 aromatic carbocycles. The maximum atomic E-state index is 12.4. The van der Waals surface area contributed by atoms with Gasteiger partial charge in [-0.05, 0) is 43.5 Å². The first-order valence-corrected chi connectivity index (χ1v) is 8.70. The Kier molecular flexibility index (Phi) is 6.19. The number of rotatable bonds is 8. The fraction of sp³-hybridized carbons (Fsp3) is 0.600. The van der Waals surface area contributed by atoms with Crippen LogP contribution in [-0.2, 0) is 10.0 Å². The number of ether oxygens (including phenoxy) is 1. The zero-order chi connectivity index (χ0) is 16.1. The van der Waals surface area contributed by atoms with E-state index in [4.69, 9.17) is 10.5 Å². The lowest BCUT2D eigenvalue weighted by Crippen LogP contribution is -2.54. The SMILES string of the molecule is CCCOc1ccc(S(=O)(=O)NC(C)(CN)C(C)C)cc1. The highest BCUT2D eigenvalue weighted by Gasteiger charge is 2.32. The van der Waals surface area contributed by atoms with E-state index in [0.29, 0.717) is 12.4 Å². The molecule has 0 fully saturated rings. The summed E-state index contributed by atoms with van der Waals surface area (Å²) in [5, 5.41) is 0.